The van der Waals surface area contributed by atoms with Crippen molar-refractivity contribution in [3.8, 4) is 17.2 Å². The molecule has 0 atom stereocenters. The highest BCUT2D eigenvalue weighted by molar-refractivity contribution is 5.64. The number of aromatic hydroxyl groups is 1. The Hall–Kier alpha value is -1.84. The van der Waals surface area contributed by atoms with E-state index < -0.39 is 0 Å². The molecule has 15 heavy (non-hydrogen) atoms. The summed E-state index contributed by atoms with van der Waals surface area (Å²) in [5.41, 5.74) is 1.38. The van der Waals surface area contributed by atoms with E-state index in [-0.39, 0.29) is 5.75 Å². The zero-order valence-electron chi connectivity index (χ0n) is 8.69. The summed E-state index contributed by atoms with van der Waals surface area (Å²) in [5.74, 6) is 1.21. The number of nitrogens with zero attached hydrogens (tertiary/aromatic N) is 2. The Balaban J connectivity index is 2.49. The van der Waals surface area contributed by atoms with Crippen molar-refractivity contribution >= 4 is 0 Å². The summed E-state index contributed by atoms with van der Waals surface area (Å²) < 4.78 is 5.06. The van der Waals surface area contributed by atoms with Crippen molar-refractivity contribution in [1.29, 1.82) is 0 Å². The first-order chi connectivity index (χ1) is 7.22. The molecule has 0 saturated carbocycles. The zero-order valence-corrected chi connectivity index (χ0v) is 8.69. The van der Waals surface area contributed by atoms with Crippen molar-refractivity contribution in [3.63, 3.8) is 0 Å². The Bertz CT molecular complexity index is 477. The van der Waals surface area contributed by atoms with Crippen molar-refractivity contribution in [1.82, 2.24) is 10.1 Å². The van der Waals surface area contributed by atoms with Crippen LogP contribution in [0.3, 0.4) is 0 Å². The Morgan fingerprint density at radius 1 is 1.40 bits per heavy atom. The van der Waals surface area contributed by atoms with Crippen LogP contribution in [0.5, 0.6) is 5.75 Å². The fourth-order valence-electron chi connectivity index (χ4n) is 1.34. The third-order valence-electron chi connectivity index (χ3n) is 2.25. The van der Waals surface area contributed by atoms with Crippen molar-refractivity contribution in [2.24, 2.45) is 0 Å². The molecule has 0 fully saturated rings. The molecular formula is C11H12N2O2. The summed E-state index contributed by atoms with van der Waals surface area (Å²) in [5, 5.41) is 13.6. The maximum atomic E-state index is 9.81. The molecule has 0 bridgehead atoms. The minimum atomic E-state index is 0.198. The van der Waals surface area contributed by atoms with Crippen LogP contribution in [0.4, 0.5) is 0 Å². The van der Waals surface area contributed by atoms with Crippen LogP contribution >= 0.6 is 0 Å². The second-order valence-electron chi connectivity index (χ2n) is 3.34. The predicted octanol–water partition coefficient (Wildman–Crippen LogP) is 2.31. The molecule has 4 heteroatoms. The lowest BCUT2D eigenvalue weighted by atomic mass is 10.1. The Morgan fingerprint density at radius 2 is 2.20 bits per heavy atom. The van der Waals surface area contributed by atoms with Crippen LogP contribution in [-0.4, -0.2) is 15.2 Å². The first-order valence-electron chi connectivity index (χ1n) is 4.84. The number of aryl methyl sites for hydroxylation is 2. The topological polar surface area (TPSA) is 59.2 Å². The summed E-state index contributed by atoms with van der Waals surface area (Å²) in [6.45, 7) is 3.78. The fraction of sp³-hybridized carbons (Fsp3) is 0.273. The first kappa shape index (κ1) is 9.71. The first-order valence-corrected chi connectivity index (χ1v) is 4.84. The van der Waals surface area contributed by atoms with Gasteiger partial charge in [0.2, 0.25) is 0 Å². The molecule has 2 rings (SSSR count). The number of benzene rings is 1. The molecular weight excluding hydrogens is 192 g/mol. The van der Waals surface area contributed by atoms with Gasteiger partial charge < -0.3 is 9.63 Å². The van der Waals surface area contributed by atoms with Crippen molar-refractivity contribution in [2.45, 2.75) is 20.3 Å². The van der Waals surface area contributed by atoms with Gasteiger partial charge in [0.05, 0.1) is 5.56 Å². The fourth-order valence-corrected chi connectivity index (χ4v) is 1.34. The minimum Gasteiger partial charge on any atom is -0.507 e. The van der Waals surface area contributed by atoms with E-state index in [1.807, 2.05) is 26.0 Å². The van der Waals surface area contributed by atoms with Crippen LogP contribution in [0.25, 0.3) is 11.5 Å². The molecule has 1 heterocycles. The van der Waals surface area contributed by atoms with E-state index in [2.05, 4.69) is 10.1 Å². The molecule has 0 aliphatic carbocycles. The van der Waals surface area contributed by atoms with Crippen molar-refractivity contribution in [2.75, 3.05) is 0 Å². The molecule has 0 amide bonds. The second-order valence-corrected chi connectivity index (χ2v) is 3.34. The molecule has 0 unspecified atom stereocenters. The van der Waals surface area contributed by atoms with Gasteiger partial charge in [-0.1, -0.05) is 24.2 Å². The maximum absolute atomic E-state index is 9.81. The van der Waals surface area contributed by atoms with E-state index >= 15 is 0 Å². The highest BCUT2D eigenvalue weighted by Crippen LogP contribution is 2.30. The third kappa shape index (κ3) is 1.70. The summed E-state index contributed by atoms with van der Waals surface area (Å²) in [4.78, 5) is 4.16. The van der Waals surface area contributed by atoms with Crippen LogP contribution in [0.1, 0.15) is 18.3 Å². The van der Waals surface area contributed by atoms with E-state index in [1.54, 1.807) is 6.07 Å². The Kier molecular flexibility index (Phi) is 2.41. The molecule has 2 aromatic rings. The zero-order chi connectivity index (χ0) is 10.8. The smallest absolute Gasteiger partial charge is 0.261 e. The van der Waals surface area contributed by atoms with Gasteiger partial charge in [-0.3, -0.25) is 0 Å². The van der Waals surface area contributed by atoms with Gasteiger partial charge in [-0.25, -0.2) is 0 Å². The molecule has 78 valence electrons. The standard InChI is InChI=1S/C11H12N2O2/c1-3-9-12-11(15-13-9)8-6-4-5-7(2)10(8)14/h4-6,14H,3H2,1-2H3. The Labute approximate surface area is 87.6 Å². The van der Waals surface area contributed by atoms with Gasteiger partial charge in [0, 0.05) is 6.42 Å². The summed E-state index contributed by atoms with van der Waals surface area (Å²) in [6, 6.07) is 5.44. The van der Waals surface area contributed by atoms with Gasteiger partial charge in [-0.05, 0) is 18.6 Å². The van der Waals surface area contributed by atoms with Crippen LogP contribution in [-0.2, 0) is 6.42 Å². The summed E-state index contributed by atoms with van der Waals surface area (Å²) in [7, 11) is 0. The van der Waals surface area contributed by atoms with E-state index in [0.29, 0.717) is 17.3 Å². The lowest BCUT2D eigenvalue weighted by Gasteiger charge is -2.01. The molecule has 1 aromatic carbocycles. The van der Waals surface area contributed by atoms with Gasteiger partial charge in [0.15, 0.2) is 5.82 Å². The third-order valence-corrected chi connectivity index (χ3v) is 2.25. The predicted molar refractivity (Wildman–Crippen MR) is 55.5 cm³/mol. The number of phenolic OH excluding ortho intramolecular Hbond substituents is 1. The van der Waals surface area contributed by atoms with E-state index in [0.717, 1.165) is 12.0 Å². The molecule has 1 aromatic heterocycles. The van der Waals surface area contributed by atoms with Crippen LogP contribution in [0, 0.1) is 6.92 Å². The van der Waals surface area contributed by atoms with E-state index in [4.69, 9.17) is 4.52 Å². The molecule has 0 spiro atoms. The van der Waals surface area contributed by atoms with E-state index in [1.165, 1.54) is 0 Å². The number of hydrogen-bond donors (Lipinski definition) is 1. The molecule has 0 aliphatic heterocycles. The van der Waals surface area contributed by atoms with E-state index in [9.17, 15) is 5.11 Å². The number of aromatic nitrogens is 2. The molecule has 0 radical (unpaired) electrons. The van der Waals surface area contributed by atoms with Gasteiger partial charge in [-0.15, -0.1) is 0 Å². The highest BCUT2D eigenvalue weighted by Gasteiger charge is 2.12. The average molecular weight is 204 g/mol. The summed E-state index contributed by atoms with van der Waals surface area (Å²) >= 11 is 0. The van der Waals surface area contributed by atoms with Crippen molar-refractivity contribution < 1.29 is 9.63 Å². The van der Waals surface area contributed by atoms with Gasteiger partial charge >= 0.3 is 0 Å². The van der Waals surface area contributed by atoms with Gasteiger partial charge in [0.25, 0.3) is 5.89 Å². The number of phenols is 1. The lowest BCUT2D eigenvalue weighted by molar-refractivity contribution is 0.417. The SMILES string of the molecule is CCc1noc(-c2cccc(C)c2O)n1. The molecule has 4 nitrogen and oxygen atoms in total. The van der Waals surface area contributed by atoms with Gasteiger partial charge in [-0.2, -0.15) is 4.98 Å². The van der Waals surface area contributed by atoms with Crippen LogP contribution < -0.4 is 0 Å². The van der Waals surface area contributed by atoms with Crippen LogP contribution in [0.2, 0.25) is 0 Å². The van der Waals surface area contributed by atoms with Gasteiger partial charge in [0.1, 0.15) is 5.75 Å². The quantitative estimate of drug-likeness (QED) is 0.815. The summed E-state index contributed by atoms with van der Waals surface area (Å²) in [6.07, 6.45) is 0.718. The minimum absolute atomic E-state index is 0.198. The molecule has 1 N–H and O–H groups in total. The lowest BCUT2D eigenvalue weighted by Crippen LogP contribution is -1.84. The molecule has 0 saturated heterocycles. The largest absolute Gasteiger partial charge is 0.507 e. The monoisotopic (exact) mass is 204 g/mol. The Morgan fingerprint density at radius 3 is 2.87 bits per heavy atom. The van der Waals surface area contributed by atoms with Crippen LogP contribution in [0.15, 0.2) is 22.7 Å². The highest BCUT2D eigenvalue weighted by atomic mass is 16.5. The van der Waals surface area contributed by atoms with Crippen molar-refractivity contribution in [3.05, 3.63) is 29.6 Å². The number of rotatable bonds is 2. The average Bonchev–Trinajstić information content (AvgIpc) is 2.70. The number of para-hydroxylation sites is 1. The second kappa shape index (κ2) is 3.73. The maximum Gasteiger partial charge on any atom is 0.261 e. The normalized spacial score (nSPS) is 10.5. The number of hydrogen-bond acceptors (Lipinski definition) is 4. The molecule has 0 aliphatic rings.